The van der Waals surface area contributed by atoms with Gasteiger partial charge in [0.25, 0.3) is 0 Å². The van der Waals surface area contributed by atoms with Crippen molar-refractivity contribution < 1.29 is 0 Å². The standard InChI is InChI=1S/C16H18N2/c1-14-8-10-15(11-9-14)12-17-13-18(2)16-6-4-3-5-7-16/h3-12H,13H2,1-2H3/b17-12+. The highest BCUT2D eigenvalue weighted by molar-refractivity contribution is 5.79. The molecule has 0 N–H and O–H groups in total. The van der Waals surface area contributed by atoms with Crippen molar-refractivity contribution in [2.24, 2.45) is 4.99 Å². The number of anilines is 1. The average molecular weight is 238 g/mol. The summed E-state index contributed by atoms with van der Waals surface area (Å²) in [5.74, 6) is 0. The highest BCUT2D eigenvalue weighted by Gasteiger charge is 1.96. The minimum atomic E-state index is 0.665. The molecular formula is C16H18N2. The molecule has 0 heterocycles. The molecule has 2 aromatic rings. The van der Waals surface area contributed by atoms with Crippen molar-refractivity contribution in [1.29, 1.82) is 0 Å². The Morgan fingerprint density at radius 1 is 1.00 bits per heavy atom. The minimum absolute atomic E-state index is 0.665. The molecule has 2 heteroatoms. The number of para-hydroxylation sites is 1. The van der Waals surface area contributed by atoms with Gasteiger partial charge in [-0.2, -0.15) is 0 Å². The van der Waals surface area contributed by atoms with Gasteiger partial charge in [-0.15, -0.1) is 0 Å². The van der Waals surface area contributed by atoms with E-state index in [-0.39, 0.29) is 0 Å². The first-order valence-corrected chi connectivity index (χ1v) is 6.08. The minimum Gasteiger partial charge on any atom is -0.355 e. The van der Waals surface area contributed by atoms with Crippen molar-refractivity contribution in [2.75, 3.05) is 18.6 Å². The maximum atomic E-state index is 4.45. The topological polar surface area (TPSA) is 15.6 Å². The molecule has 0 aliphatic carbocycles. The van der Waals surface area contributed by atoms with Crippen LogP contribution in [0, 0.1) is 6.92 Å². The van der Waals surface area contributed by atoms with Gasteiger partial charge in [-0.1, -0.05) is 48.0 Å². The second-order valence-electron chi connectivity index (χ2n) is 4.40. The molecule has 0 radical (unpaired) electrons. The number of benzene rings is 2. The van der Waals surface area contributed by atoms with Crippen LogP contribution in [0.25, 0.3) is 0 Å². The Hall–Kier alpha value is -2.09. The molecule has 0 atom stereocenters. The Morgan fingerprint density at radius 3 is 2.33 bits per heavy atom. The lowest BCUT2D eigenvalue weighted by Gasteiger charge is -2.15. The van der Waals surface area contributed by atoms with E-state index in [1.807, 2.05) is 31.5 Å². The molecule has 2 rings (SSSR count). The molecule has 0 amide bonds. The summed E-state index contributed by atoms with van der Waals surface area (Å²) in [4.78, 5) is 6.56. The van der Waals surface area contributed by atoms with Crippen molar-refractivity contribution in [2.45, 2.75) is 6.92 Å². The van der Waals surface area contributed by atoms with Crippen molar-refractivity contribution in [1.82, 2.24) is 0 Å². The third-order valence-corrected chi connectivity index (χ3v) is 2.81. The fraction of sp³-hybridized carbons (Fsp3) is 0.188. The number of nitrogens with zero attached hydrogens (tertiary/aromatic N) is 2. The van der Waals surface area contributed by atoms with Gasteiger partial charge in [0.05, 0.1) is 0 Å². The van der Waals surface area contributed by atoms with E-state index in [2.05, 4.69) is 53.2 Å². The first-order chi connectivity index (χ1) is 8.75. The Morgan fingerprint density at radius 2 is 1.67 bits per heavy atom. The Bertz CT molecular complexity index is 500. The molecule has 0 aliphatic rings. The molecule has 0 saturated carbocycles. The smallest absolute Gasteiger partial charge is 0.109 e. The molecular weight excluding hydrogens is 220 g/mol. The molecule has 0 aliphatic heterocycles. The van der Waals surface area contributed by atoms with Crippen LogP contribution in [0.3, 0.4) is 0 Å². The van der Waals surface area contributed by atoms with E-state index in [1.165, 1.54) is 11.3 Å². The number of aliphatic imine (C=N–C) groups is 1. The Kier molecular flexibility index (Phi) is 4.13. The monoisotopic (exact) mass is 238 g/mol. The van der Waals surface area contributed by atoms with E-state index in [0.29, 0.717) is 6.67 Å². The second-order valence-corrected chi connectivity index (χ2v) is 4.40. The molecule has 0 bridgehead atoms. The summed E-state index contributed by atoms with van der Waals surface area (Å²) in [5, 5.41) is 0. The largest absolute Gasteiger partial charge is 0.355 e. The van der Waals surface area contributed by atoms with Crippen LogP contribution in [0.4, 0.5) is 5.69 Å². The van der Waals surface area contributed by atoms with Gasteiger partial charge in [0.2, 0.25) is 0 Å². The normalized spacial score (nSPS) is 10.8. The molecule has 2 nitrogen and oxygen atoms in total. The van der Waals surface area contributed by atoms with Gasteiger partial charge in [-0.05, 0) is 24.6 Å². The third-order valence-electron chi connectivity index (χ3n) is 2.81. The first-order valence-electron chi connectivity index (χ1n) is 6.08. The average Bonchev–Trinajstić information content (AvgIpc) is 2.42. The Labute approximate surface area is 109 Å². The fourth-order valence-corrected chi connectivity index (χ4v) is 1.69. The highest BCUT2D eigenvalue weighted by atomic mass is 15.2. The van der Waals surface area contributed by atoms with Crippen LogP contribution in [0.15, 0.2) is 59.6 Å². The van der Waals surface area contributed by atoms with Gasteiger partial charge in [0.1, 0.15) is 6.67 Å². The first kappa shape index (κ1) is 12.4. The summed E-state index contributed by atoms with van der Waals surface area (Å²) in [6.07, 6.45) is 1.92. The van der Waals surface area contributed by atoms with Crippen LogP contribution in [0.2, 0.25) is 0 Å². The molecule has 0 unspecified atom stereocenters. The SMILES string of the molecule is Cc1ccc(/C=N/CN(C)c2ccccc2)cc1. The van der Waals surface area contributed by atoms with Crippen LogP contribution < -0.4 is 4.90 Å². The van der Waals surface area contributed by atoms with Gasteiger partial charge in [-0.3, -0.25) is 4.99 Å². The van der Waals surface area contributed by atoms with E-state index in [0.717, 1.165) is 5.56 Å². The number of hydrogen-bond donors (Lipinski definition) is 0. The number of hydrogen-bond acceptors (Lipinski definition) is 2. The van der Waals surface area contributed by atoms with Gasteiger partial charge >= 0.3 is 0 Å². The van der Waals surface area contributed by atoms with Crippen LogP contribution >= 0.6 is 0 Å². The molecule has 0 fully saturated rings. The zero-order chi connectivity index (χ0) is 12.8. The van der Waals surface area contributed by atoms with Gasteiger partial charge in [0, 0.05) is 18.9 Å². The highest BCUT2D eigenvalue weighted by Crippen LogP contribution is 2.10. The summed E-state index contributed by atoms with van der Waals surface area (Å²) < 4.78 is 0. The van der Waals surface area contributed by atoms with Gasteiger partial charge in [0.15, 0.2) is 0 Å². The molecule has 2 aromatic carbocycles. The van der Waals surface area contributed by atoms with E-state index in [4.69, 9.17) is 0 Å². The maximum absolute atomic E-state index is 4.45. The van der Waals surface area contributed by atoms with Crippen molar-refractivity contribution in [3.05, 3.63) is 65.7 Å². The van der Waals surface area contributed by atoms with E-state index >= 15 is 0 Å². The van der Waals surface area contributed by atoms with Crippen molar-refractivity contribution >= 4 is 11.9 Å². The molecule has 0 spiro atoms. The van der Waals surface area contributed by atoms with Crippen LogP contribution in [0.5, 0.6) is 0 Å². The van der Waals surface area contributed by atoms with Crippen LogP contribution in [-0.4, -0.2) is 19.9 Å². The predicted octanol–water partition coefficient (Wildman–Crippen LogP) is 3.51. The van der Waals surface area contributed by atoms with E-state index < -0.39 is 0 Å². The van der Waals surface area contributed by atoms with Gasteiger partial charge in [-0.25, -0.2) is 0 Å². The number of aryl methyl sites for hydroxylation is 1. The predicted molar refractivity (Wildman–Crippen MR) is 78.5 cm³/mol. The lowest BCUT2D eigenvalue weighted by molar-refractivity contribution is 0.937. The van der Waals surface area contributed by atoms with Crippen molar-refractivity contribution in [3.63, 3.8) is 0 Å². The zero-order valence-electron chi connectivity index (χ0n) is 10.9. The van der Waals surface area contributed by atoms with Crippen molar-refractivity contribution in [3.8, 4) is 0 Å². The van der Waals surface area contributed by atoms with Crippen LogP contribution in [0.1, 0.15) is 11.1 Å². The fourth-order valence-electron chi connectivity index (χ4n) is 1.69. The summed E-state index contributed by atoms with van der Waals surface area (Å²) in [7, 11) is 2.04. The molecule has 92 valence electrons. The molecule has 18 heavy (non-hydrogen) atoms. The second kappa shape index (κ2) is 6.01. The lowest BCUT2D eigenvalue weighted by atomic mass is 10.2. The summed E-state index contributed by atoms with van der Waals surface area (Å²) in [6.45, 7) is 2.75. The zero-order valence-corrected chi connectivity index (χ0v) is 10.9. The Balaban J connectivity index is 1.93. The maximum Gasteiger partial charge on any atom is 0.109 e. The van der Waals surface area contributed by atoms with E-state index in [1.54, 1.807) is 0 Å². The van der Waals surface area contributed by atoms with Gasteiger partial charge < -0.3 is 4.90 Å². The van der Waals surface area contributed by atoms with E-state index in [9.17, 15) is 0 Å². The quantitative estimate of drug-likeness (QED) is 0.744. The summed E-state index contributed by atoms with van der Waals surface area (Å²) in [6, 6.07) is 18.6. The number of rotatable bonds is 4. The lowest BCUT2D eigenvalue weighted by Crippen LogP contribution is -2.16. The third kappa shape index (κ3) is 3.45. The molecule has 0 aromatic heterocycles. The summed E-state index contributed by atoms with van der Waals surface area (Å²) >= 11 is 0. The molecule has 0 saturated heterocycles. The van der Waals surface area contributed by atoms with Crippen LogP contribution in [-0.2, 0) is 0 Å². The summed E-state index contributed by atoms with van der Waals surface area (Å²) in [5.41, 5.74) is 3.59.